The van der Waals surface area contributed by atoms with Crippen LogP contribution >= 0.6 is 0 Å². The van der Waals surface area contributed by atoms with Crippen molar-refractivity contribution in [2.45, 2.75) is 18.9 Å². The molecule has 0 saturated carbocycles. The maximum Gasteiger partial charge on any atom is 0.326 e. The van der Waals surface area contributed by atoms with Crippen LogP contribution in [0.3, 0.4) is 0 Å². The summed E-state index contributed by atoms with van der Waals surface area (Å²) in [4.78, 5) is 26.1. The van der Waals surface area contributed by atoms with Crippen LogP contribution in [0.25, 0.3) is 0 Å². The molecule has 18 heavy (non-hydrogen) atoms. The predicted octanol–water partition coefficient (Wildman–Crippen LogP) is -0.614. The molecule has 6 heteroatoms. The Morgan fingerprint density at radius 3 is 2.39 bits per heavy atom. The lowest BCUT2D eigenvalue weighted by molar-refractivity contribution is -0.188. The number of nitrogens with one attached hydrogen (secondary N) is 1. The molecule has 0 aromatic rings. The van der Waals surface area contributed by atoms with E-state index in [0.29, 0.717) is 0 Å². The molecule has 2 rings (SSSR count). The molecular formula is C12H20N2O4. The molecule has 0 atom stereocenters. The van der Waals surface area contributed by atoms with Gasteiger partial charge in [0.25, 0.3) is 0 Å². The van der Waals surface area contributed by atoms with Crippen molar-refractivity contribution in [2.24, 2.45) is 5.41 Å². The Morgan fingerprint density at radius 1 is 1.33 bits per heavy atom. The molecule has 2 fully saturated rings. The third-order valence-corrected chi connectivity index (χ3v) is 3.76. The van der Waals surface area contributed by atoms with Gasteiger partial charge in [-0.2, -0.15) is 0 Å². The standard InChI is InChI=1S/C12H20N2O4/c1-14-5-3-9(4-6-14)13-10(15)12(7-18-8-12)11(16)17-2/h9H,3-8H2,1-2H3,(H,13,15). The van der Waals surface area contributed by atoms with Gasteiger partial charge in [0.15, 0.2) is 5.41 Å². The molecule has 1 amide bonds. The minimum Gasteiger partial charge on any atom is -0.468 e. The highest BCUT2D eigenvalue weighted by molar-refractivity contribution is 6.04. The first-order valence-corrected chi connectivity index (χ1v) is 6.24. The molecule has 1 N–H and O–H groups in total. The molecule has 0 radical (unpaired) electrons. The van der Waals surface area contributed by atoms with E-state index in [4.69, 9.17) is 9.47 Å². The molecular weight excluding hydrogens is 236 g/mol. The summed E-state index contributed by atoms with van der Waals surface area (Å²) >= 11 is 0. The van der Waals surface area contributed by atoms with E-state index in [9.17, 15) is 9.59 Å². The Hall–Kier alpha value is -1.14. The molecule has 0 aromatic heterocycles. The molecule has 0 bridgehead atoms. The van der Waals surface area contributed by atoms with Gasteiger partial charge in [-0.25, -0.2) is 0 Å². The van der Waals surface area contributed by atoms with Gasteiger partial charge in [0.05, 0.1) is 20.3 Å². The number of methoxy groups -OCH3 is 1. The molecule has 102 valence electrons. The molecule has 0 aliphatic carbocycles. The summed E-state index contributed by atoms with van der Waals surface area (Å²) in [5.41, 5.74) is -1.11. The van der Waals surface area contributed by atoms with E-state index in [1.165, 1.54) is 7.11 Å². The molecule has 2 heterocycles. The van der Waals surface area contributed by atoms with Crippen LogP contribution in [0.15, 0.2) is 0 Å². The lowest BCUT2D eigenvalue weighted by Crippen LogP contribution is -2.61. The number of likely N-dealkylation sites (tertiary alicyclic amines) is 1. The van der Waals surface area contributed by atoms with Crippen LogP contribution < -0.4 is 5.32 Å². The number of ether oxygens (including phenoxy) is 2. The van der Waals surface area contributed by atoms with Crippen molar-refractivity contribution in [1.82, 2.24) is 10.2 Å². The Labute approximate surface area is 107 Å². The lowest BCUT2D eigenvalue weighted by Gasteiger charge is -2.39. The van der Waals surface area contributed by atoms with Crippen molar-refractivity contribution in [3.05, 3.63) is 0 Å². The van der Waals surface area contributed by atoms with Crippen LogP contribution in [0.2, 0.25) is 0 Å². The number of amides is 1. The molecule has 2 aliphatic heterocycles. The van der Waals surface area contributed by atoms with Crippen LogP contribution in [0.1, 0.15) is 12.8 Å². The van der Waals surface area contributed by atoms with Gasteiger partial charge in [-0.05, 0) is 33.0 Å². The van der Waals surface area contributed by atoms with Crippen LogP contribution in [-0.4, -0.2) is 63.3 Å². The van der Waals surface area contributed by atoms with E-state index >= 15 is 0 Å². The molecule has 0 spiro atoms. The second-order valence-electron chi connectivity index (χ2n) is 5.12. The maximum atomic E-state index is 12.2. The molecule has 2 saturated heterocycles. The van der Waals surface area contributed by atoms with E-state index in [1.54, 1.807) is 0 Å². The first-order chi connectivity index (χ1) is 8.58. The molecule has 0 aromatic carbocycles. The van der Waals surface area contributed by atoms with E-state index in [0.717, 1.165) is 25.9 Å². The highest BCUT2D eigenvalue weighted by Crippen LogP contribution is 2.29. The van der Waals surface area contributed by atoms with Crippen LogP contribution in [-0.2, 0) is 19.1 Å². The van der Waals surface area contributed by atoms with Crippen molar-refractivity contribution in [3.63, 3.8) is 0 Å². The molecule has 0 unspecified atom stereocenters. The number of hydrogen-bond acceptors (Lipinski definition) is 5. The third-order valence-electron chi connectivity index (χ3n) is 3.76. The number of piperidine rings is 1. The largest absolute Gasteiger partial charge is 0.468 e. The summed E-state index contributed by atoms with van der Waals surface area (Å²) in [7, 11) is 3.36. The van der Waals surface area contributed by atoms with Gasteiger partial charge in [0, 0.05) is 6.04 Å². The van der Waals surface area contributed by atoms with E-state index < -0.39 is 11.4 Å². The van der Waals surface area contributed by atoms with Crippen LogP contribution in [0, 0.1) is 5.41 Å². The van der Waals surface area contributed by atoms with E-state index in [1.807, 2.05) is 0 Å². The molecule has 2 aliphatic rings. The summed E-state index contributed by atoms with van der Waals surface area (Å²) in [5, 5.41) is 2.95. The van der Waals surface area contributed by atoms with Gasteiger partial charge in [-0.15, -0.1) is 0 Å². The average molecular weight is 256 g/mol. The van der Waals surface area contributed by atoms with Crippen molar-refractivity contribution >= 4 is 11.9 Å². The second-order valence-corrected chi connectivity index (χ2v) is 5.12. The predicted molar refractivity (Wildman–Crippen MR) is 63.9 cm³/mol. The summed E-state index contributed by atoms with van der Waals surface area (Å²) < 4.78 is 9.72. The SMILES string of the molecule is COC(=O)C1(C(=O)NC2CCN(C)CC2)COC1. The summed E-state index contributed by atoms with van der Waals surface area (Å²) in [6.07, 6.45) is 1.83. The fraction of sp³-hybridized carbons (Fsp3) is 0.833. The number of hydrogen-bond donors (Lipinski definition) is 1. The van der Waals surface area contributed by atoms with Crippen LogP contribution in [0.5, 0.6) is 0 Å². The number of carbonyl (C=O) groups excluding carboxylic acids is 2. The number of nitrogens with zero attached hydrogens (tertiary/aromatic N) is 1. The van der Waals surface area contributed by atoms with E-state index in [2.05, 4.69) is 17.3 Å². The van der Waals surface area contributed by atoms with Crippen molar-refractivity contribution in [3.8, 4) is 0 Å². The van der Waals surface area contributed by atoms with Crippen molar-refractivity contribution in [1.29, 1.82) is 0 Å². The van der Waals surface area contributed by atoms with Gasteiger partial charge in [0.1, 0.15) is 0 Å². The first kappa shape index (κ1) is 13.3. The fourth-order valence-corrected chi connectivity index (χ4v) is 2.32. The van der Waals surface area contributed by atoms with Gasteiger partial charge < -0.3 is 19.7 Å². The van der Waals surface area contributed by atoms with Crippen molar-refractivity contribution in [2.75, 3.05) is 40.5 Å². The zero-order chi connectivity index (χ0) is 13.2. The average Bonchev–Trinajstić information content (AvgIpc) is 2.30. The van der Waals surface area contributed by atoms with Gasteiger partial charge in [-0.1, -0.05) is 0 Å². The van der Waals surface area contributed by atoms with Gasteiger partial charge in [-0.3, -0.25) is 9.59 Å². The topological polar surface area (TPSA) is 67.9 Å². The monoisotopic (exact) mass is 256 g/mol. The summed E-state index contributed by atoms with van der Waals surface area (Å²) in [5.74, 6) is -0.755. The third kappa shape index (κ3) is 2.35. The smallest absolute Gasteiger partial charge is 0.326 e. The zero-order valence-electron chi connectivity index (χ0n) is 10.9. The Kier molecular flexibility index (Phi) is 3.87. The van der Waals surface area contributed by atoms with Crippen molar-refractivity contribution < 1.29 is 19.1 Å². The highest BCUT2D eigenvalue weighted by Gasteiger charge is 2.54. The number of rotatable bonds is 3. The minimum absolute atomic E-state index is 0.123. The number of carbonyl (C=O) groups is 2. The Balaban J connectivity index is 1.92. The maximum absolute atomic E-state index is 12.2. The fourth-order valence-electron chi connectivity index (χ4n) is 2.32. The quantitative estimate of drug-likeness (QED) is 0.539. The van der Waals surface area contributed by atoms with Gasteiger partial charge in [0.2, 0.25) is 5.91 Å². The lowest BCUT2D eigenvalue weighted by atomic mass is 9.84. The van der Waals surface area contributed by atoms with Gasteiger partial charge >= 0.3 is 5.97 Å². The number of esters is 1. The Bertz CT molecular complexity index is 333. The zero-order valence-corrected chi connectivity index (χ0v) is 10.9. The minimum atomic E-state index is -1.11. The summed E-state index contributed by atoms with van der Waals surface area (Å²) in [6.45, 7) is 2.18. The second kappa shape index (κ2) is 5.24. The van der Waals surface area contributed by atoms with Crippen LogP contribution in [0.4, 0.5) is 0 Å². The first-order valence-electron chi connectivity index (χ1n) is 6.24. The summed E-state index contributed by atoms with van der Waals surface area (Å²) in [6, 6.07) is 0.149. The highest BCUT2D eigenvalue weighted by atomic mass is 16.5. The molecule has 6 nitrogen and oxygen atoms in total. The Morgan fingerprint density at radius 2 is 1.94 bits per heavy atom. The normalized spacial score (nSPS) is 24.1. The van der Waals surface area contributed by atoms with E-state index in [-0.39, 0.29) is 25.2 Å².